The SMILES string of the molecule is O=C(Nc1ccc(Br)cc1)C1CCCN(C(=O)c2ccco2)C1. The third kappa shape index (κ3) is 3.82. The number of nitrogens with zero attached hydrogens (tertiary/aromatic N) is 1. The molecule has 1 atom stereocenters. The third-order valence-corrected chi connectivity index (χ3v) is 4.45. The molecule has 5 nitrogen and oxygen atoms in total. The van der Waals surface area contributed by atoms with Gasteiger partial charge in [0.15, 0.2) is 5.76 Å². The molecule has 0 saturated carbocycles. The van der Waals surface area contributed by atoms with Gasteiger partial charge in [0, 0.05) is 23.2 Å². The standard InChI is InChI=1S/C17H17BrN2O3/c18-13-5-7-14(8-6-13)19-16(21)12-3-1-9-20(11-12)17(22)15-4-2-10-23-15/h2,4-8,10,12H,1,3,9,11H2,(H,19,21). The molecule has 2 heterocycles. The van der Waals surface area contributed by atoms with Crippen LogP contribution in [0.25, 0.3) is 0 Å². The Hall–Kier alpha value is -2.08. The summed E-state index contributed by atoms with van der Waals surface area (Å²) >= 11 is 3.37. The van der Waals surface area contributed by atoms with E-state index < -0.39 is 0 Å². The van der Waals surface area contributed by atoms with Crippen LogP contribution in [0.15, 0.2) is 51.6 Å². The van der Waals surface area contributed by atoms with Crippen molar-refractivity contribution in [2.75, 3.05) is 18.4 Å². The number of piperidine rings is 1. The number of nitrogens with one attached hydrogen (secondary N) is 1. The maximum atomic E-state index is 12.4. The first kappa shape index (κ1) is 15.8. The van der Waals surface area contributed by atoms with Gasteiger partial charge in [-0.2, -0.15) is 0 Å². The molecule has 1 N–H and O–H groups in total. The van der Waals surface area contributed by atoms with E-state index >= 15 is 0 Å². The van der Waals surface area contributed by atoms with Crippen molar-refractivity contribution in [3.05, 3.63) is 52.9 Å². The van der Waals surface area contributed by atoms with Gasteiger partial charge in [0.25, 0.3) is 5.91 Å². The first-order chi connectivity index (χ1) is 11.1. The lowest BCUT2D eigenvalue weighted by atomic mass is 9.96. The molecule has 0 radical (unpaired) electrons. The van der Waals surface area contributed by atoms with Crippen LogP contribution in [0.3, 0.4) is 0 Å². The Balaban J connectivity index is 1.62. The number of rotatable bonds is 3. The van der Waals surface area contributed by atoms with Crippen LogP contribution in [-0.2, 0) is 4.79 Å². The number of benzene rings is 1. The Labute approximate surface area is 142 Å². The van der Waals surface area contributed by atoms with Crippen molar-refractivity contribution in [2.24, 2.45) is 5.92 Å². The molecule has 2 amide bonds. The van der Waals surface area contributed by atoms with Gasteiger partial charge in [-0.1, -0.05) is 15.9 Å². The first-order valence-electron chi connectivity index (χ1n) is 7.52. The molecule has 6 heteroatoms. The van der Waals surface area contributed by atoms with Crippen molar-refractivity contribution in [1.82, 2.24) is 4.90 Å². The number of anilines is 1. The smallest absolute Gasteiger partial charge is 0.289 e. The minimum absolute atomic E-state index is 0.0516. The molecule has 2 aromatic rings. The summed E-state index contributed by atoms with van der Waals surface area (Å²) in [6.45, 7) is 1.07. The molecule has 1 aliphatic heterocycles. The van der Waals surface area contributed by atoms with Gasteiger partial charge in [-0.05, 0) is 49.2 Å². The minimum Gasteiger partial charge on any atom is -0.459 e. The van der Waals surface area contributed by atoms with E-state index in [4.69, 9.17) is 4.42 Å². The van der Waals surface area contributed by atoms with E-state index in [1.807, 2.05) is 24.3 Å². The maximum absolute atomic E-state index is 12.4. The van der Waals surface area contributed by atoms with Crippen molar-refractivity contribution in [1.29, 1.82) is 0 Å². The van der Waals surface area contributed by atoms with Crippen molar-refractivity contribution in [2.45, 2.75) is 12.8 Å². The molecule has 0 aliphatic carbocycles. The summed E-state index contributed by atoms with van der Waals surface area (Å²) in [5.74, 6) is -0.0920. The highest BCUT2D eigenvalue weighted by molar-refractivity contribution is 9.10. The molecule has 1 unspecified atom stereocenters. The molecule has 1 aromatic carbocycles. The zero-order valence-electron chi connectivity index (χ0n) is 12.5. The van der Waals surface area contributed by atoms with Gasteiger partial charge in [-0.15, -0.1) is 0 Å². The summed E-state index contributed by atoms with van der Waals surface area (Å²) in [4.78, 5) is 26.4. The zero-order valence-corrected chi connectivity index (χ0v) is 14.1. The molecule has 0 bridgehead atoms. The van der Waals surface area contributed by atoms with Crippen molar-refractivity contribution in [3.8, 4) is 0 Å². The molecule has 1 saturated heterocycles. The van der Waals surface area contributed by atoms with Crippen LogP contribution in [0.2, 0.25) is 0 Å². The van der Waals surface area contributed by atoms with Gasteiger partial charge >= 0.3 is 0 Å². The van der Waals surface area contributed by atoms with E-state index in [1.54, 1.807) is 17.0 Å². The Kier molecular flexibility index (Phi) is 4.81. The van der Waals surface area contributed by atoms with Crippen LogP contribution in [-0.4, -0.2) is 29.8 Å². The Morgan fingerprint density at radius 2 is 2.00 bits per heavy atom. The molecule has 1 aromatic heterocycles. The number of carbonyl (C=O) groups excluding carboxylic acids is 2. The number of halogens is 1. The lowest BCUT2D eigenvalue weighted by molar-refractivity contribution is -0.121. The van der Waals surface area contributed by atoms with Gasteiger partial charge < -0.3 is 14.6 Å². The zero-order chi connectivity index (χ0) is 16.2. The van der Waals surface area contributed by atoms with Gasteiger partial charge in [-0.3, -0.25) is 9.59 Å². The van der Waals surface area contributed by atoms with Gasteiger partial charge in [0.1, 0.15) is 0 Å². The Morgan fingerprint density at radius 1 is 1.22 bits per heavy atom. The van der Waals surface area contributed by atoms with E-state index in [0.29, 0.717) is 18.8 Å². The molecular formula is C17H17BrN2O3. The minimum atomic E-state index is -0.202. The van der Waals surface area contributed by atoms with Crippen LogP contribution in [0, 0.1) is 5.92 Å². The number of likely N-dealkylation sites (tertiary alicyclic amines) is 1. The van der Waals surface area contributed by atoms with Crippen LogP contribution in [0.1, 0.15) is 23.4 Å². The number of hydrogen-bond donors (Lipinski definition) is 1. The van der Waals surface area contributed by atoms with Gasteiger partial charge in [-0.25, -0.2) is 0 Å². The largest absolute Gasteiger partial charge is 0.459 e. The van der Waals surface area contributed by atoms with Crippen molar-refractivity contribution in [3.63, 3.8) is 0 Å². The topological polar surface area (TPSA) is 62.6 Å². The predicted octanol–water partition coefficient (Wildman–Crippen LogP) is 3.53. The second-order valence-electron chi connectivity index (χ2n) is 5.56. The van der Waals surface area contributed by atoms with Crippen LogP contribution < -0.4 is 5.32 Å². The lowest BCUT2D eigenvalue weighted by Gasteiger charge is -2.31. The van der Waals surface area contributed by atoms with E-state index in [9.17, 15) is 9.59 Å². The van der Waals surface area contributed by atoms with Crippen molar-refractivity contribution >= 4 is 33.4 Å². The number of amides is 2. The van der Waals surface area contributed by atoms with Crippen LogP contribution in [0.4, 0.5) is 5.69 Å². The predicted molar refractivity (Wildman–Crippen MR) is 90.1 cm³/mol. The van der Waals surface area contributed by atoms with Crippen LogP contribution in [0.5, 0.6) is 0 Å². The third-order valence-electron chi connectivity index (χ3n) is 3.92. The van der Waals surface area contributed by atoms with Gasteiger partial charge in [0.2, 0.25) is 5.91 Å². The van der Waals surface area contributed by atoms with E-state index in [2.05, 4.69) is 21.2 Å². The second kappa shape index (κ2) is 7.00. The highest BCUT2D eigenvalue weighted by Crippen LogP contribution is 2.21. The second-order valence-corrected chi connectivity index (χ2v) is 6.48. The average molecular weight is 377 g/mol. The average Bonchev–Trinajstić information content (AvgIpc) is 3.11. The van der Waals surface area contributed by atoms with Gasteiger partial charge in [0.05, 0.1) is 12.2 Å². The molecule has 1 fully saturated rings. The number of carbonyl (C=O) groups is 2. The summed E-state index contributed by atoms with van der Waals surface area (Å²) in [5, 5.41) is 2.91. The van der Waals surface area contributed by atoms with E-state index in [0.717, 1.165) is 23.0 Å². The van der Waals surface area contributed by atoms with E-state index in [-0.39, 0.29) is 17.7 Å². The fourth-order valence-corrected chi connectivity index (χ4v) is 2.97. The summed E-state index contributed by atoms with van der Waals surface area (Å²) < 4.78 is 6.12. The molecule has 0 spiro atoms. The van der Waals surface area contributed by atoms with Crippen LogP contribution >= 0.6 is 15.9 Å². The Morgan fingerprint density at radius 3 is 2.70 bits per heavy atom. The van der Waals surface area contributed by atoms with Crippen molar-refractivity contribution < 1.29 is 14.0 Å². The summed E-state index contributed by atoms with van der Waals surface area (Å²) in [5.41, 5.74) is 0.757. The summed E-state index contributed by atoms with van der Waals surface area (Å²) in [6.07, 6.45) is 3.07. The fourth-order valence-electron chi connectivity index (χ4n) is 2.71. The quantitative estimate of drug-likeness (QED) is 0.890. The molecule has 3 rings (SSSR count). The molecule has 23 heavy (non-hydrogen) atoms. The molecular weight excluding hydrogens is 360 g/mol. The normalized spacial score (nSPS) is 17.8. The summed E-state index contributed by atoms with van der Waals surface area (Å²) in [6, 6.07) is 10.8. The number of hydrogen-bond acceptors (Lipinski definition) is 3. The Bertz CT molecular complexity index is 682. The monoisotopic (exact) mass is 376 g/mol. The molecule has 120 valence electrons. The summed E-state index contributed by atoms with van der Waals surface area (Å²) in [7, 11) is 0. The highest BCUT2D eigenvalue weighted by atomic mass is 79.9. The lowest BCUT2D eigenvalue weighted by Crippen LogP contribution is -2.43. The highest BCUT2D eigenvalue weighted by Gasteiger charge is 2.29. The molecule has 1 aliphatic rings. The van der Waals surface area contributed by atoms with E-state index in [1.165, 1.54) is 6.26 Å². The fraction of sp³-hybridized carbons (Fsp3) is 0.294. The maximum Gasteiger partial charge on any atom is 0.289 e. The number of furan rings is 1. The first-order valence-corrected chi connectivity index (χ1v) is 8.32.